The van der Waals surface area contributed by atoms with E-state index in [9.17, 15) is 55.9 Å². The molecular weight excluding hydrogens is 1800 g/mol. The van der Waals surface area contributed by atoms with Gasteiger partial charge < -0.3 is 20.9 Å². The highest BCUT2D eigenvalue weighted by atomic mass is 32.2. The number of H-pyrrole nitrogens is 1. The Morgan fingerprint density at radius 1 is 0.425 bits per heavy atom. The van der Waals surface area contributed by atoms with Gasteiger partial charge in [-0.3, -0.25) is 53.3 Å². The summed E-state index contributed by atoms with van der Waals surface area (Å²) in [5.74, 6) is 4.21. The maximum absolute atomic E-state index is 14.2. The number of hydrogen-bond donors (Lipinski definition) is 4. The van der Waals surface area contributed by atoms with Gasteiger partial charge in [0.2, 0.25) is 26.4 Å². The molecular formula is C102H107F4N15O8S5. The standard InChI is InChI=1S/C28H29N3O2S2.C26H27N5O2S.C25H25F4N3O2S.C23H26N4O2S/c32-25-17-28(33)35-26(25)16-23-11-13-29-27(31-23)15-20-9-7-19(8-10-20)3-1-4-22-5-2-6-24(30-22)21-12-14-34-18-21;32-22-15-25(33)34-23(22)14-20-9-12-28-24(31-20)13-17-5-7-19(8-6-17)30-16-18-3-1-11-29-26(18)21-4-2-10-27-21;26-23-16(5-2-6-19(23)25(27,28)29)4-1-3-15-7-9-17(10-8-15)31-24-30-12-11-18(32-24)13-21-20(33)14-22(34)35-21;1-15-17(3-2-9-24-15)14-26-18-6-4-16(5-7-18)11-22-25-10-8-19(27-22)12-21-20(28)13-23(29)30-21/h2,5-6,11-14,16,18-20H,1,3-4,7-10,15,17H2;1-4,9-12,14,17,19,27,30H,5-8,13,15-16H2;2,5-6,11-13,15,17H,1,3-4,7-10,14H2,(H,30,31,32);2-3,8-10,12,16,18,26H,4-7,11,13-14H2,1H3/b26-16-;23-14-;21-13-;21-12-. The molecule has 0 amide bonds. The average Bonchev–Trinajstić information content (AvgIpc) is 1.21. The van der Waals surface area contributed by atoms with E-state index in [1.807, 2.05) is 36.8 Å². The van der Waals surface area contributed by atoms with Crippen LogP contribution in [-0.4, -0.2) is 122 Å². The van der Waals surface area contributed by atoms with E-state index in [1.54, 1.807) is 84.7 Å². The number of Topliss-reactive ketones (excluding diaryl/α,β-unsaturated/α-hetero) is 4. The number of carbonyl (C=O) groups excluding carboxylic acids is 8. The second kappa shape index (κ2) is 48.0. The second-order valence-electron chi connectivity index (χ2n) is 35.3. The fourth-order valence-corrected chi connectivity index (χ4v) is 22.2. The van der Waals surface area contributed by atoms with Gasteiger partial charge in [0.1, 0.15) is 23.3 Å². The second-order valence-corrected chi connectivity index (χ2v) is 40.5. The van der Waals surface area contributed by atoms with Crippen molar-refractivity contribution < 1.29 is 55.9 Å². The van der Waals surface area contributed by atoms with Crippen LogP contribution in [-0.2, 0) is 89.7 Å². The molecule has 4 saturated heterocycles. The van der Waals surface area contributed by atoms with E-state index in [4.69, 9.17) is 4.98 Å². The summed E-state index contributed by atoms with van der Waals surface area (Å²) in [7, 11) is 0. The first kappa shape index (κ1) is 97.7. The normalized spacial score (nSPS) is 22.2. The van der Waals surface area contributed by atoms with Gasteiger partial charge in [-0.25, -0.2) is 44.3 Å². The fourth-order valence-electron chi connectivity index (χ4n) is 18.3. The zero-order valence-corrected chi connectivity index (χ0v) is 78.7. The molecule has 4 saturated carbocycles. The lowest BCUT2D eigenvalue weighted by atomic mass is 9.78. The number of aryl methyl sites for hydroxylation is 3. The third kappa shape index (κ3) is 29.1. The van der Waals surface area contributed by atoms with Crippen LogP contribution in [0.2, 0.25) is 0 Å². The number of pyridine rings is 3. The third-order valence-electron chi connectivity index (χ3n) is 25.6. The minimum Gasteiger partial charge on any atom is -0.360 e. The van der Waals surface area contributed by atoms with Crippen molar-refractivity contribution in [3.05, 3.63) is 257 Å². The molecule has 0 radical (unpaired) electrons. The molecule has 696 valence electrons. The maximum atomic E-state index is 14.2. The first-order chi connectivity index (χ1) is 65.0. The summed E-state index contributed by atoms with van der Waals surface area (Å²) in [5, 5.41) is 14.5. The maximum Gasteiger partial charge on any atom is 0.419 e. The number of nitrogens with zero attached hydrogens (tertiary/aromatic N) is 11. The number of nitrogens with one attached hydrogen (secondary N) is 4. The molecule has 32 heteroatoms. The van der Waals surface area contributed by atoms with E-state index in [0.717, 1.165) is 222 Å². The lowest BCUT2D eigenvalue weighted by molar-refractivity contribution is -0.140. The molecule has 8 fully saturated rings. The number of carbonyl (C=O) groups is 8. The molecule has 8 aliphatic rings. The van der Waals surface area contributed by atoms with Crippen molar-refractivity contribution in [1.82, 2.24) is 70.4 Å². The number of ketones is 4. The molecule has 4 aliphatic heterocycles. The largest absolute Gasteiger partial charge is 0.419 e. The third-order valence-corrected chi connectivity index (χ3v) is 30.0. The molecule has 0 atom stereocenters. The number of alkyl halides is 3. The van der Waals surface area contributed by atoms with Crippen molar-refractivity contribution in [2.75, 3.05) is 5.32 Å². The molecule has 9 aromatic heterocycles. The topological polar surface area (TPSA) is 330 Å². The molecule has 18 rings (SSSR count). The van der Waals surface area contributed by atoms with Gasteiger partial charge in [0, 0.05) is 116 Å². The molecule has 0 spiro atoms. The Morgan fingerprint density at radius 3 is 1.34 bits per heavy atom. The van der Waals surface area contributed by atoms with Crippen LogP contribution in [0.4, 0.5) is 23.5 Å². The van der Waals surface area contributed by atoms with E-state index < -0.39 is 17.6 Å². The zero-order valence-electron chi connectivity index (χ0n) is 74.6. The molecule has 4 aliphatic carbocycles. The zero-order chi connectivity index (χ0) is 93.3. The molecule has 23 nitrogen and oxygen atoms in total. The molecule has 1 aromatic carbocycles. The van der Waals surface area contributed by atoms with Crippen LogP contribution in [0.15, 0.2) is 177 Å². The SMILES string of the molecule is Cc1ncccc1CNC1CCC(Cc2nccc(/C=C3\SC(=O)CC3=O)n2)CC1.O=C1CC(=O)/C(=C/c2ccnc(CC3CCC(CCCc4cccc(-c5ccsc5)n4)CC3)n2)S1.O=C1CC(=O)/C(=C/c2ccnc(CC3CCC(NCc4cccnc4-c4ccc[nH]4)CC3)n2)S1.O=C1CC(=O)/C(=C/c2ccnc(NC3CCC(CCCc4cccc(C(F)(F)F)c4F)CC3)n2)S1. The van der Waals surface area contributed by atoms with Gasteiger partial charge in [0.25, 0.3) is 0 Å². The lowest BCUT2D eigenvalue weighted by Crippen LogP contribution is -2.33. The number of thiophene rings is 1. The van der Waals surface area contributed by atoms with Crippen molar-refractivity contribution >= 4 is 132 Å². The Bertz CT molecular complexity index is 5940. The predicted octanol–water partition coefficient (Wildman–Crippen LogP) is 20.7. The quantitative estimate of drug-likeness (QED) is 0.0201. The Kier molecular flexibility index (Phi) is 35.0. The Balaban J connectivity index is 0.000000136. The number of aromatic amines is 1. The molecule has 13 heterocycles. The van der Waals surface area contributed by atoms with E-state index in [2.05, 4.69) is 131 Å². The summed E-state index contributed by atoms with van der Waals surface area (Å²) in [4.78, 5) is 148. The van der Waals surface area contributed by atoms with Gasteiger partial charge >= 0.3 is 6.18 Å². The molecule has 134 heavy (non-hydrogen) atoms. The number of thioether (sulfide) groups is 4. The summed E-state index contributed by atoms with van der Waals surface area (Å²) in [6, 6.07) is 32.5. The van der Waals surface area contributed by atoms with Crippen LogP contribution in [0.3, 0.4) is 0 Å². The van der Waals surface area contributed by atoms with Gasteiger partial charge in [-0.15, -0.1) is 0 Å². The summed E-state index contributed by atoms with van der Waals surface area (Å²) in [6.07, 6.45) is 40.1. The summed E-state index contributed by atoms with van der Waals surface area (Å²) in [5.41, 5.74) is 10.7. The molecule has 4 N–H and O–H groups in total. The highest BCUT2D eigenvalue weighted by Crippen LogP contribution is 2.40. The van der Waals surface area contributed by atoms with E-state index in [1.165, 1.54) is 73.0 Å². The number of aromatic nitrogens is 12. The molecule has 0 bridgehead atoms. The Hall–Kier alpha value is -10.9. The highest BCUT2D eigenvalue weighted by molar-refractivity contribution is 8.19. The van der Waals surface area contributed by atoms with E-state index in [-0.39, 0.29) is 87.3 Å². The van der Waals surface area contributed by atoms with Crippen LogP contribution in [0.25, 0.3) is 46.9 Å². The van der Waals surface area contributed by atoms with Crippen molar-refractivity contribution in [3.63, 3.8) is 0 Å². The number of halogens is 4. The molecule has 0 unspecified atom stereocenters. The minimum absolute atomic E-state index is 0.00428. The Morgan fingerprint density at radius 2 is 0.866 bits per heavy atom. The summed E-state index contributed by atoms with van der Waals surface area (Å²) in [6.45, 7) is 3.72. The van der Waals surface area contributed by atoms with Gasteiger partial charge in [0.05, 0.1) is 90.7 Å². The number of rotatable bonds is 28. The van der Waals surface area contributed by atoms with Gasteiger partial charge in [-0.05, 0) is 318 Å². The number of hydrogen-bond acceptors (Lipinski definition) is 27. The first-order valence-corrected chi connectivity index (χ1v) is 50.4. The van der Waals surface area contributed by atoms with Gasteiger partial charge in [0.15, 0.2) is 23.1 Å². The van der Waals surface area contributed by atoms with Crippen LogP contribution in [0, 0.1) is 42.3 Å². The number of anilines is 1. The molecule has 10 aromatic rings. The number of allylic oxidation sites excluding steroid dienone is 4. The predicted molar refractivity (Wildman–Crippen MR) is 518 cm³/mol. The Labute approximate surface area is 797 Å². The van der Waals surface area contributed by atoms with Gasteiger partial charge in [-0.1, -0.05) is 56.0 Å². The van der Waals surface area contributed by atoms with Crippen LogP contribution >= 0.6 is 58.4 Å². The van der Waals surface area contributed by atoms with Gasteiger partial charge in [-0.2, -0.15) is 24.5 Å². The van der Waals surface area contributed by atoms with Crippen molar-refractivity contribution in [2.24, 2.45) is 29.6 Å². The van der Waals surface area contributed by atoms with Crippen molar-refractivity contribution in [2.45, 2.75) is 231 Å². The van der Waals surface area contributed by atoms with E-state index >= 15 is 0 Å². The highest BCUT2D eigenvalue weighted by Gasteiger charge is 2.36. The monoisotopic (exact) mass is 1910 g/mol. The van der Waals surface area contributed by atoms with Crippen LogP contribution < -0.4 is 16.0 Å². The van der Waals surface area contributed by atoms with E-state index in [0.29, 0.717) is 90.5 Å². The first-order valence-electron chi connectivity index (χ1n) is 46.2. The number of benzene rings is 1. The fraction of sp³-hybridized carbons (Fsp3) is 0.402. The minimum atomic E-state index is -4.68. The smallest absolute Gasteiger partial charge is 0.360 e. The summed E-state index contributed by atoms with van der Waals surface area (Å²) >= 11 is 5.70. The summed E-state index contributed by atoms with van der Waals surface area (Å²) < 4.78 is 52.9. The van der Waals surface area contributed by atoms with Crippen molar-refractivity contribution in [3.8, 4) is 22.6 Å². The average molecular weight is 1910 g/mol. The van der Waals surface area contributed by atoms with Crippen molar-refractivity contribution in [1.29, 1.82) is 0 Å². The van der Waals surface area contributed by atoms with Crippen LogP contribution in [0.1, 0.15) is 228 Å². The lowest BCUT2D eigenvalue weighted by Gasteiger charge is -2.29. The van der Waals surface area contributed by atoms with Crippen LogP contribution in [0.5, 0.6) is 0 Å².